The summed E-state index contributed by atoms with van der Waals surface area (Å²) in [5, 5.41) is 5.51. The van der Waals surface area contributed by atoms with Crippen LogP contribution in [0.4, 0.5) is 0 Å². The van der Waals surface area contributed by atoms with Gasteiger partial charge >= 0.3 is 0 Å². The maximum atomic E-state index is 13.1. The average molecular weight is 452 g/mol. The van der Waals surface area contributed by atoms with Gasteiger partial charge in [0.05, 0.1) is 15.5 Å². The second-order valence-corrected chi connectivity index (χ2v) is 10.5. The van der Waals surface area contributed by atoms with Gasteiger partial charge in [0.15, 0.2) is 21.4 Å². The number of hydrogen-bond acceptors (Lipinski definition) is 6. The van der Waals surface area contributed by atoms with Crippen LogP contribution in [-0.4, -0.2) is 19.4 Å². The predicted octanol–water partition coefficient (Wildman–Crippen LogP) is 5.33. The Morgan fingerprint density at radius 1 is 1.14 bits per heavy atom. The van der Waals surface area contributed by atoms with Crippen molar-refractivity contribution in [1.29, 1.82) is 0 Å². The van der Waals surface area contributed by atoms with E-state index in [1.54, 1.807) is 12.3 Å². The maximum Gasteiger partial charge on any atom is 0.187 e. The highest BCUT2D eigenvalue weighted by molar-refractivity contribution is 7.90. The van der Waals surface area contributed by atoms with Crippen LogP contribution in [0.5, 0.6) is 0 Å². The number of carbonyl (C=O) groups is 1. The summed E-state index contributed by atoms with van der Waals surface area (Å²) >= 11 is 7.20. The lowest BCUT2D eigenvalue weighted by Crippen LogP contribution is -2.12. The Labute approximate surface area is 179 Å². The minimum atomic E-state index is -3.81. The first-order chi connectivity index (χ1) is 13.5. The predicted molar refractivity (Wildman–Crippen MR) is 115 cm³/mol. The molecular formula is C21H22ClNO4S2. The monoisotopic (exact) mass is 451 g/mol. The zero-order chi connectivity index (χ0) is 21.5. The first-order valence-corrected chi connectivity index (χ1v) is 11.9. The Balaban J connectivity index is 1.93. The molecule has 0 bridgehead atoms. The molecule has 2 heterocycles. The standard InChI is InChI=1S/C21H22ClNO4S2/c1-11-8-12(2)16(14(4)13(11)3)9-17(24)21-19(6-7-28-21)29(25,26)10-18-20(22)15(5)23-27-18/h6-8H,9-10H2,1-5H3. The van der Waals surface area contributed by atoms with E-state index in [4.69, 9.17) is 16.1 Å². The third-order valence-electron chi connectivity index (χ3n) is 5.25. The highest BCUT2D eigenvalue weighted by atomic mass is 35.5. The van der Waals surface area contributed by atoms with Crippen molar-refractivity contribution in [3.8, 4) is 0 Å². The molecule has 0 aliphatic rings. The minimum absolute atomic E-state index is 0.0109. The summed E-state index contributed by atoms with van der Waals surface area (Å²) in [5.74, 6) is -0.576. The molecule has 3 rings (SSSR count). The van der Waals surface area contributed by atoms with Gasteiger partial charge in [0.25, 0.3) is 0 Å². The van der Waals surface area contributed by atoms with Crippen molar-refractivity contribution in [3.63, 3.8) is 0 Å². The van der Waals surface area contributed by atoms with Gasteiger partial charge in [0.2, 0.25) is 0 Å². The number of thiophene rings is 1. The van der Waals surface area contributed by atoms with E-state index in [9.17, 15) is 13.2 Å². The number of aromatic nitrogens is 1. The van der Waals surface area contributed by atoms with Crippen molar-refractivity contribution in [2.24, 2.45) is 0 Å². The molecule has 0 aliphatic heterocycles. The van der Waals surface area contributed by atoms with Gasteiger partial charge in [0, 0.05) is 6.42 Å². The lowest BCUT2D eigenvalue weighted by molar-refractivity contribution is 0.0993. The number of rotatable bonds is 6. The largest absolute Gasteiger partial charge is 0.358 e. The van der Waals surface area contributed by atoms with Crippen LogP contribution in [-0.2, 0) is 22.0 Å². The molecule has 0 atom stereocenters. The third-order valence-corrected chi connectivity index (χ3v) is 8.47. The summed E-state index contributed by atoms with van der Waals surface area (Å²) in [6.07, 6.45) is 0.157. The van der Waals surface area contributed by atoms with Crippen LogP contribution in [0.3, 0.4) is 0 Å². The number of aryl methyl sites for hydroxylation is 3. The van der Waals surface area contributed by atoms with Gasteiger partial charge in [-0.25, -0.2) is 8.42 Å². The van der Waals surface area contributed by atoms with Gasteiger partial charge < -0.3 is 4.52 Å². The highest BCUT2D eigenvalue weighted by Crippen LogP contribution is 2.31. The molecule has 0 fully saturated rings. The number of nitrogens with zero attached hydrogens (tertiary/aromatic N) is 1. The fourth-order valence-corrected chi connectivity index (χ4v) is 6.27. The summed E-state index contributed by atoms with van der Waals surface area (Å²) in [6.45, 7) is 9.68. The van der Waals surface area contributed by atoms with Crippen molar-refractivity contribution >= 4 is 38.6 Å². The van der Waals surface area contributed by atoms with Crippen molar-refractivity contribution in [3.05, 3.63) is 66.7 Å². The Bertz CT molecular complexity index is 1210. The Morgan fingerprint density at radius 3 is 2.45 bits per heavy atom. The molecule has 0 spiro atoms. The SMILES string of the molecule is Cc1cc(C)c(CC(=O)c2sccc2S(=O)(=O)Cc2onc(C)c2Cl)c(C)c1C. The van der Waals surface area contributed by atoms with Crippen LogP contribution in [0, 0.1) is 34.6 Å². The van der Waals surface area contributed by atoms with Crippen LogP contribution >= 0.6 is 22.9 Å². The van der Waals surface area contributed by atoms with Crippen LogP contribution < -0.4 is 0 Å². The Hall–Kier alpha value is -1.96. The van der Waals surface area contributed by atoms with Crippen LogP contribution in [0.1, 0.15) is 48.9 Å². The van der Waals surface area contributed by atoms with Crippen molar-refractivity contribution in [2.75, 3.05) is 0 Å². The molecule has 2 aromatic heterocycles. The molecule has 0 saturated heterocycles. The molecule has 0 aliphatic carbocycles. The summed E-state index contributed by atoms with van der Waals surface area (Å²) in [7, 11) is -3.81. The first-order valence-electron chi connectivity index (χ1n) is 9.03. The van der Waals surface area contributed by atoms with E-state index in [0.29, 0.717) is 5.69 Å². The maximum absolute atomic E-state index is 13.1. The van der Waals surface area contributed by atoms with Crippen LogP contribution in [0.25, 0.3) is 0 Å². The smallest absolute Gasteiger partial charge is 0.187 e. The number of sulfone groups is 1. The molecular weight excluding hydrogens is 430 g/mol. The van der Waals surface area contributed by atoms with E-state index < -0.39 is 15.6 Å². The van der Waals surface area contributed by atoms with Crippen molar-refractivity contribution in [1.82, 2.24) is 5.16 Å². The molecule has 0 N–H and O–H groups in total. The quantitative estimate of drug-likeness (QED) is 0.473. The minimum Gasteiger partial charge on any atom is -0.358 e. The second-order valence-electron chi connectivity index (χ2n) is 7.22. The van der Waals surface area contributed by atoms with Gasteiger partial charge in [0.1, 0.15) is 10.8 Å². The Morgan fingerprint density at radius 2 is 1.83 bits per heavy atom. The summed E-state index contributed by atoms with van der Waals surface area (Å²) in [5.41, 5.74) is 5.80. The van der Waals surface area contributed by atoms with E-state index in [-0.39, 0.29) is 32.8 Å². The van der Waals surface area contributed by atoms with E-state index in [1.165, 1.54) is 11.6 Å². The van der Waals surface area contributed by atoms with E-state index in [0.717, 1.165) is 33.6 Å². The number of Topliss-reactive ketones (excluding diaryl/α,β-unsaturated/α-hetero) is 1. The van der Waals surface area contributed by atoms with Gasteiger partial charge in [-0.15, -0.1) is 11.3 Å². The zero-order valence-electron chi connectivity index (χ0n) is 16.9. The number of ketones is 1. The van der Waals surface area contributed by atoms with Gasteiger partial charge in [-0.1, -0.05) is 22.8 Å². The van der Waals surface area contributed by atoms with Crippen molar-refractivity contribution in [2.45, 2.75) is 51.7 Å². The molecule has 5 nitrogen and oxygen atoms in total. The number of benzene rings is 1. The molecule has 29 heavy (non-hydrogen) atoms. The highest BCUT2D eigenvalue weighted by Gasteiger charge is 2.28. The van der Waals surface area contributed by atoms with Crippen molar-refractivity contribution < 1.29 is 17.7 Å². The van der Waals surface area contributed by atoms with E-state index in [2.05, 4.69) is 11.2 Å². The molecule has 8 heteroatoms. The van der Waals surface area contributed by atoms with E-state index >= 15 is 0 Å². The number of halogens is 1. The lowest BCUT2D eigenvalue weighted by atomic mass is 9.91. The van der Waals surface area contributed by atoms with Crippen LogP contribution in [0.15, 0.2) is 26.9 Å². The molecule has 0 amide bonds. The summed E-state index contributed by atoms with van der Waals surface area (Å²) in [6, 6.07) is 3.52. The molecule has 154 valence electrons. The molecule has 0 unspecified atom stereocenters. The fraction of sp³-hybridized carbons (Fsp3) is 0.333. The summed E-state index contributed by atoms with van der Waals surface area (Å²) in [4.78, 5) is 13.3. The first kappa shape index (κ1) is 21.7. The van der Waals surface area contributed by atoms with Gasteiger partial charge in [-0.2, -0.15) is 0 Å². The van der Waals surface area contributed by atoms with Gasteiger partial charge in [-0.05, 0) is 73.9 Å². The van der Waals surface area contributed by atoms with Crippen LogP contribution in [0.2, 0.25) is 5.02 Å². The lowest BCUT2D eigenvalue weighted by Gasteiger charge is -2.14. The zero-order valence-corrected chi connectivity index (χ0v) is 19.3. The molecule has 1 aromatic carbocycles. The normalized spacial score (nSPS) is 11.8. The topological polar surface area (TPSA) is 77.2 Å². The fourth-order valence-electron chi connectivity index (χ4n) is 3.34. The third kappa shape index (κ3) is 4.17. The molecule has 3 aromatic rings. The molecule has 0 radical (unpaired) electrons. The van der Waals surface area contributed by atoms with E-state index in [1.807, 2.05) is 27.7 Å². The van der Waals surface area contributed by atoms with Gasteiger partial charge in [-0.3, -0.25) is 4.79 Å². The Kier molecular flexibility index (Phi) is 6.03. The number of hydrogen-bond donors (Lipinski definition) is 0. The average Bonchev–Trinajstić information content (AvgIpc) is 3.26. The summed E-state index contributed by atoms with van der Waals surface area (Å²) < 4.78 is 30.9. The molecule has 0 saturated carbocycles. The second kappa shape index (κ2) is 8.05. The number of carbonyl (C=O) groups excluding carboxylic acids is 1.